The molecule has 0 aliphatic carbocycles. The van der Waals surface area contributed by atoms with E-state index in [1.807, 2.05) is 83.1 Å². The topological polar surface area (TPSA) is 152 Å². The van der Waals surface area contributed by atoms with Gasteiger partial charge in [0.15, 0.2) is 0 Å². The number of hydrogen-bond donors (Lipinski definition) is 0. The standard InChI is InChI=1S/C14H20BNO5.C12H24B2O4.C8H8BrNO3/c1-13(2)14(3,4)21-15(20-13)9-7-10(12(17)19-6)11(18-5)16-8-9;1-9(2)10(3,4)16-13(15-9)14-17-11(5,6)12(7,8)18-14;1-12-7-6(8(11)13-2)3-5(9)4-10-7/h7-8H,1-6H3;1-8H3;3-4H,1-2H3. The Balaban J connectivity index is 0.000000216. The molecule has 0 bridgehead atoms. The molecule has 2 aromatic heterocycles. The van der Waals surface area contributed by atoms with E-state index in [1.165, 1.54) is 28.4 Å². The maximum atomic E-state index is 11.8. The second-order valence-electron chi connectivity index (χ2n) is 15.4. The van der Waals surface area contributed by atoms with Gasteiger partial charge in [-0.1, -0.05) is 0 Å². The number of aromatic nitrogens is 2. The van der Waals surface area contributed by atoms with E-state index in [4.69, 9.17) is 42.1 Å². The van der Waals surface area contributed by atoms with Crippen LogP contribution >= 0.6 is 15.9 Å². The molecule has 52 heavy (non-hydrogen) atoms. The van der Waals surface area contributed by atoms with Gasteiger partial charge in [-0.2, -0.15) is 0 Å². The van der Waals surface area contributed by atoms with Crippen LogP contribution in [0.5, 0.6) is 11.8 Å². The van der Waals surface area contributed by atoms with Gasteiger partial charge in [-0.3, -0.25) is 0 Å². The van der Waals surface area contributed by atoms with Crippen molar-refractivity contribution in [1.29, 1.82) is 0 Å². The highest BCUT2D eigenvalue weighted by Gasteiger charge is 2.63. The zero-order valence-electron chi connectivity index (χ0n) is 33.2. The third kappa shape index (κ3) is 9.31. The molecule has 5 rings (SSSR count). The molecule has 0 aromatic carbocycles. The first kappa shape index (κ1) is 43.7. The van der Waals surface area contributed by atoms with E-state index in [-0.39, 0.29) is 39.7 Å². The number of esters is 2. The summed E-state index contributed by atoms with van der Waals surface area (Å²) in [5.74, 6) is -0.513. The van der Waals surface area contributed by atoms with Crippen molar-refractivity contribution < 1.29 is 56.5 Å². The van der Waals surface area contributed by atoms with Gasteiger partial charge in [0, 0.05) is 22.3 Å². The molecule has 0 N–H and O–H groups in total. The summed E-state index contributed by atoms with van der Waals surface area (Å²) in [6.45, 7) is 24.1. The highest BCUT2D eigenvalue weighted by Crippen LogP contribution is 2.43. The molecule has 5 heterocycles. The summed E-state index contributed by atoms with van der Waals surface area (Å²) in [6.07, 6.45) is 3.12. The van der Waals surface area contributed by atoms with Crippen LogP contribution in [0.3, 0.4) is 0 Å². The molecule has 0 spiro atoms. The zero-order chi connectivity index (χ0) is 39.7. The van der Waals surface area contributed by atoms with Gasteiger partial charge in [0.25, 0.3) is 0 Å². The Morgan fingerprint density at radius 1 is 0.558 bits per heavy atom. The van der Waals surface area contributed by atoms with Crippen LogP contribution < -0.4 is 14.9 Å². The summed E-state index contributed by atoms with van der Waals surface area (Å²) < 4.78 is 55.7. The molecule has 0 radical (unpaired) electrons. The fraction of sp³-hybridized carbons (Fsp3) is 0.647. The summed E-state index contributed by atoms with van der Waals surface area (Å²) in [6, 6.07) is 3.22. The van der Waals surface area contributed by atoms with Crippen LogP contribution in [0.2, 0.25) is 0 Å². The molecule has 14 nitrogen and oxygen atoms in total. The summed E-state index contributed by atoms with van der Waals surface area (Å²) >= 11 is 3.20. The number of hydrogen-bond acceptors (Lipinski definition) is 14. The smallest absolute Gasteiger partial charge is 0.480 e. The van der Waals surface area contributed by atoms with E-state index in [0.29, 0.717) is 15.5 Å². The van der Waals surface area contributed by atoms with Crippen LogP contribution in [-0.4, -0.2) is 105 Å². The lowest BCUT2D eigenvalue weighted by atomic mass is 9.49. The SMILES string of the molecule is CC1(C)OB(B2OC(C)(C)C(C)(C)O2)OC1(C)C.COC(=O)c1cc(B2OC(C)(C)C(C)(C)O2)cnc1OC.COC(=O)c1cc(Br)cnc1OC. The van der Waals surface area contributed by atoms with Crippen molar-refractivity contribution in [3.63, 3.8) is 0 Å². The second kappa shape index (κ2) is 15.9. The molecule has 3 fully saturated rings. The van der Waals surface area contributed by atoms with Crippen LogP contribution in [-0.2, 0) is 37.4 Å². The number of pyridine rings is 2. The summed E-state index contributed by atoms with van der Waals surface area (Å²) in [7, 11) is 3.97. The Bertz CT molecular complexity index is 1520. The predicted molar refractivity (Wildman–Crippen MR) is 200 cm³/mol. The van der Waals surface area contributed by atoms with Gasteiger partial charge in [-0.25, -0.2) is 19.6 Å². The summed E-state index contributed by atoms with van der Waals surface area (Å²) in [5, 5.41) is 0. The van der Waals surface area contributed by atoms with E-state index in [2.05, 4.69) is 30.6 Å². The van der Waals surface area contributed by atoms with Crippen LogP contribution in [0.15, 0.2) is 29.0 Å². The van der Waals surface area contributed by atoms with Crippen LogP contribution in [0.4, 0.5) is 0 Å². The molecule has 0 atom stereocenters. The largest absolute Gasteiger partial charge is 0.496 e. The van der Waals surface area contributed by atoms with Gasteiger partial charge in [-0.15, -0.1) is 0 Å². The van der Waals surface area contributed by atoms with Gasteiger partial charge in [0.2, 0.25) is 11.8 Å². The lowest BCUT2D eigenvalue weighted by Gasteiger charge is -2.32. The molecule has 18 heteroatoms. The number of rotatable bonds is 6. The minimum atomic E-state index is -0.586. The van der Waals surface area contributed by atoms with Crippen molar-refractivity contribution >= 4 is 54.5 Å². The minimum Gasteiger partial charge on any atom is -0.480 e. The average Bonchev–Trinajstić information content (AvgIpc) is 3.53. The fourth-order valence-corrected chi connectivity index (χ4v) is 5.17. The number of methoxy groups -OCH3 is 4. The first-order chi connectivity index (χ1) is 23.8. The van der Waals surface area contributed by atoms with Crippen molar-refractivity contribution in [2.24, 2.45) is 0 Å². The molecule has 286 valence electrons. The summed E-state index contributed by atoms with van der Waals surface area (Å²) in [4.78, 5) is 31.0. The van der Waals surface area contributed by atoms with Gasteiger partial charge < -0.3 is 46.9 Å². The van der Waals surface area contributed by atoms with Gasteiger partial charge in [-0.05, 0) is 111 Å². The Morgan fingerprint density at radius 3 is 1.23 bits per heavy atom. The van der Waals surface area contributed by atoms with E-state index in [1.54, 1.807) is 24.5 Å². The number of ether oxygens (including phenoxy) is 4. The van der Waals surface area contributed by atoms with Crippen molar-refractivity contribution in [2.45, 2.75) is 117 Å². The van der Waals surface area contributed by atoms with Crippen molar-refractivity contribution in [3.05, 3.63) is 40.1 Å². The molecule has 0 saturated carbocycles. The normalized spacial score (nSPS) is 21.3. The Morgan fingerprint density at radius 2 is 0.885 bits per heavy atom. The van der Waals surface area contributed by atoms with Crippen LogP contribution in [0, 0.1) is 0 Å². The molecule has 0 amide bonds. The fourth-order valence-electron chi connectivity index (χ4n) is 4.84. The predicted octanol–water partition coefficient (Wildman–Crippen LogP) is 5.06. The number of carbonyl (C=O) groups is 2. The molecular formula is C34H52B3BrN2O12. The Hall–Kier alpha value is -2.73. The first-order valence-electron chi connectivity index (χ1n) is 16.8. The van der Waals surface area contributed by atoms with Crippen LogP contribution in [0.1, 0.15) is 104 Å². The maximum absolute atomic E-state index is 11.8. The van der Waals surface area contributed by atoms with Crippen molar-refractivity contribution in [2.75, 3.05) is 28.4 Å². The molecule has 0 unspecified atom stereocenters. The highest BCUT2D eigenvalue weighted by atomic mass is 79.9. The number of carbonyl (C=O) groups excluding carboxylic acids is 2. The van der Waals surface area contributed by atoms with Crippen molar-refractivity contribution in [3.8, 4) is 11.8 Å². The quantitative estimate of drug-likeness (QED) is 0.283. The molecule has 3 aliphatic heterocycles. The van der Waals surface area contributed by atoms with E-state index < -0.39 is 44.3 Å². The van der Waals surface area contributed by atoms with Crippen LogP contribution in [0.25, 0.3) is 0 Å². The highest BCUT2D eigenvalue weighted by molar-refractivity contribution is 9.10. The minimum absolute atomic E-state index is 0.210. The lowest BCUT2D eigenvalue weighted by molar-refractivity contribution is 0.00578. The first-order valence-corrected chi connectivity index (χ1v) is 17.5. The zero-order valence-corrected chi connectivity index (χ0v) is 34.8. The molecule has 3 saturated heterocycles. The van der Waals surface area contributed by atoms with E-state index in [9.17, 15) is 9.59 Å². The van der Waals surface area contributed by atoms with Gasteiger partial charge >= 0.3 is 33.1 Å². The Labute approximate surface area is 317 Å². The van der Waals surface area contributed by atoms with E-state index >= 15 is 0 Å². The Kier molecular flexibility index (Phi) is 13.4. The maximum Gasteiger partial charge on any atom is 0.496 e. The lowest BCUT2D eigenvalue weighted by Crippen LogP contribution is -2.41. The summed E-state index contributed by atoms with van der Waals surface area (Å²) in [5.41, 5.74) is -1.15. The molecular weight excluding hydrogens is 741 g/mol. The third-order valence-corrected chi connectivity index (χ3v) is 10.6. The number of halogens is 1. The van der Waals surface area contributed by atoms with E-state index in [0.717, 1.165) is 0 Å². The molecule has 3 aliphatic rings. The third-order valence-electron chi connectivity index (χ3n) is 10.2. The van der Waals surface area contributed by atoms with Gasteiger partial charge in [0.05, 0.1) is 62.0 Å². The number of nitrogens with zero attached hydrogens (tertiary/aromatic N) is 2. The monoisotopic (exact) mass is 792 g/mol. The average molecular weight is 793 g/mol. The molecule has 2 aromatic rings. The van der Waals surface area contributed by atoms with Gasteiger partial charge in [0.1, 0.15) is 11.1 Å². The second-order valence-corrected chi connectivity index (χ2v) is 16.3. The van der Waals surface area contributed by atoms with Crippen molar-refractivity contribution in [1.82, 2.24) is 9.97 Å².